The molecule has 0 fully saturated rings. The first-order valence-corrected chi connectivity index (χ1v) is 10.8. The maximum atomic E-state index is 13.2. The van der Waals surface area contributed by atoms with Crippen molar-refractivity contribution in [3.05, 3.63) is 81.2 Å². The van der Waals surface area contributed by atoms with Crippen molar-refractivity contribution in [1.29, 1.82) is 0 Å². The van der Waals surface area contributed by atoms with Gasteiger partial charge in [0.25, 0.3) is 17.7 Å². The Hall–Kier alpha value is -3.00. The molecule has 0 radical (unpaired) electrons. The van der Waals surface area contributed by atoms with Crippen LogP contribution in [0.2, 0.25) is 10.0 Å². The van der Waals surface area contributed by atoms with Crippen LogP contribution in [0.5, 0.6) is 0 Å². The van der Waals surface area contributed by atoms with Crippen LogP contribution in [-0.4, -0.2) is 41.2 Å². The highest BCUT2D eigenvalue weighted by molar-refractivity contribution is 7.14. The zero-order chi connectivity index (χ0) is 22.3. The van der Waals surface area contributed by atoms with Gasteiger partial charge in [-0.1, -0.05) is 35.3 Å². The summed E-state index contributed by atoms with van der Waals surface area (Å²) >= 11 is 13.4. The molecule has 0 saturated carbocycles. The Kier molecular flexibility index (Phi) is 5.66. The summed E-state index contributed by atoms with van der Waals surface area (Å²) in [5, 5.41) is 3.14. The summed E-state index contributed by atoms with van der Waals surface area (Å²) in [6.07, 6.45) is 1.59. The van der Waals surface area contributed by atoms with Crippen LogP contribution in [0.25, 0.3) is 11.3 Å². The third-order valence-electron chi connectivity index (χ3n) is 4.83. The van der Waals surface area contributed by atoms with Crippen molar-refractivity contribution >= 4 is 57.4 Å². The number of benzene rings is 2. The van der Waals surface area contributed by atoms with Crippen LogP contribution in [0.15, 0.2) is 54.4 Å². The van der Waals surface area contributed by atoms with Crippen LogP contribution < -0.4 is 4.90 Å². The van der Waals surface area contributed by atoms with Gasteiger partial charge in [0.2, 0.25) is 0 Å². The number of imide groups is 1. The van der Waals surface area contributed by atoms with Gasteiger partial charge in [-0.3, -0.25) is 24.2 Å². The molecule has 0 spiro atoms. The van der Waals surface area contributed by atoms with E-state index in [1.54, 1.807) is 24.3 Å². The number of aromatic nitrogens is 1. The molecule has 0 unspecified atom stereocenters. The standard InChI is InChI=1S/C22H15Cl2N3O3S/c1-3-8-27(22-25-18(11-31-22)12-5-7-16(23)17(24)10-12)19(28)13-4-6-14-15(9-13)21(30)26(2)20(14)29/h3-7,9-11H,1,8H2,2H3. The fourth-order valence-corrected chi connectivity index (χ4v) is 4.34. The van der Waals surface area contributed by atoms with Crippen molar-refractivity contribution in [2.75, 3.05) is 18.5 Å². The van der Waals surface area contributed by atoms with E-state index in [0.29, 0.717) is 20.9 Å². The SMILES string of the molecule is C=CCN(C(=O)c1ccc2c(c1)C(=O)N(C)C2=O)c1nc(-c2ccc(Cl)c(Cl)c2)cs1. The third-order valence-corrected chi connectivity index (χ3v) is 6.43. The molecule has 0 atom stereocenters. The number of fused-ring (bicyclic) bond motifs is 1. The second kappa shape index (κ2) is 8.26. The maximum absolute atomic E-state index is 13.2. The average molecular weight is 472 g/mol. The van der Waals surface area contributed by atoms with E-state index >= 15 is 0 Å². The number of hydrogen-bond acceptors (Lipinski definition) is 5. The summed E-state index contributed by atoms with van der Waals surface area (Å²) in [7, 11) is 1.41. The summed E-state index contributed by atoms with van der Waals surface area (Å²) in [5.74, 6) is -1.17. The largest absolute Gasteiger partial charge is 0.280 e. The lowest BCUT2D eigenvalue weighted by Crippen LogP contribution is -2.31. The predicted molar refractivity (Wildman–Crippen MR) is 122 cm³/mol. The lowest BCUT2D eigenvalue weighted by Gasteiger charge is -2.18. The number of nitrogens with zero attached hydrogens (tertiary/aromatic N) is 3. The van der Waals surface area contributed by atoms with Crippen LogP contribution in [0.4, 0.5) is 5.13 Å². The molecule has 3 aromatic rings. The highest BCUT2D eigenvalue weighted by Gasteiger charge is 2.33. The summed E-state index contributed by atoms with van der Waals surface area (Å²) in [6.45, 7) is 3.94. The van der Waals surface area contributed by atoms with Gasteiger partial charge < -0.3 is 0 Å². The molecule has 156 valence electrons. The lowest BCUT2D eigenvalue weighted by molar-refractivity contribution is 0.0693. The molecule has 31 heavy (non-hydrogen) atoms. The fourth-order valence-electron chi connectivity index (χ4n) is 3.20. The topological polar surface area (TPSA) is 70.6 Å². The van der Waals surface area contributed by atoms with Gasteiger partial charge in [-0.15, -0.1) is 17.9 Å². The predicted octanol–water partition coefficient (Wildman–Crippen LogP) is 5.18. The molecule has 0 bridgehead atoms. The molecule has 1 aliphatic heterocycles. The molecule has 2 heterocycles. The minimum absolute atomic E-state index is 0.215. The van der Waals surface area contributed by atoms with Crippen molar-refractivity contribution in [1.82, 2.24) is 9.88 Å². The second-order valence-corrected chi connectivity index (χ2v) is 8.43. The van der Waals surface area contributed by atoms with E-state index in [2.05, 4.69) is 11.6 Å². The van der Waals surface area contributed by atoms with E-state index in [9.17, 15) is 14.4 Å². The molecule has 9 heteroatoms. The molecular formula is C22H15Cl2N3O3S. The second-order valence-electron chi connectivity index (χ2n) is 6.78. The molecule has 0 aliphatic carbocycles. The minimum Gasteiger partial charge on any atom is -0.280 e. The zero-order valence-corrected chi connectivity index (χ0v) is 18.6. The zero-order valence-electron chi connectivity index (χ0n) is 16.3. The molecule has 6 nitrogen and oxygen atoms in total. The van der Waals surface area contributed by atoms with Crippen molar-refractivity contribution in [2.24, 2.45) is 0 Å². The first-order chi connectivity index (χ1) is 14.8. The minimum atomic E-state index is -0.430. The van der Waals surface area contributed by atoms with E-state index in [1.165, 1.54) is 41.5 Å². The van der Waals surface area contributed by atoms with Crippen LogP contribution in [0, 0.1) is 0 Å². The number of halogens is 2. The number of carbonyl (C=O) groups excluding carboxylic acids is 3. The van der Waals surface area contributed by atoms with Gasteiger partial charge in [0.05, 0.1) is 26.9 Å². The summed E-state index contributed by atoms with van der Waals surface area (Å²) in [4.78, 5) is 44.7. The Balaban J connectivity index is 1.67. The summed E-state index contributed by atoms with van der Waals surface area (Å²) < 4.78 is 0. The number of amides is 3. The number of thiazole rings is 1. The highest BCUT2D eigenvalue weighted by Crippen LogP contribution is 2.32. The van der Waals surface area contributed by atoms with E-state index < -0.39 is 5.91 Å². The van der Waals surface area contributed by atoms with Crippen molar-refractivity contribution < 1.29 is 14.4 Å². The van der Waals surface area contributed by atoms with E-state index in [0.717, 1.165) is 10.5 Å². The van der Waals surface area contributed by atoms with Gasteiger partial charge in [-0.25, -0.2) is 4.98 Å². The fraction of sp³-hybridized carbons (Fsp3) is 0.0909. The van der Waals surface area contributed by atoms with Gasteiger partial charge in [-0.2, -0.15) is 0 Å². The Morgan fingerprint density at radius 1 is 1.13 bits per heavy atom. The maximum Gasteiger partial charge on any atom is 0.261 e. The smallest absolute Gasteiger partial charge is 0.261 e. The number of hydrogen-bond donors (Lipinski definition) is 0. The Labute approximate surface area is 192 Å². The van der Waals surface area contributed by atoms with Crippen LogP contribution in [-0.2, 0) is 0 Å². The van der Waals surface area contributed by atoms with E-state index in [-0.39, 0.29) is 35.0 Å². The van der Waals surface area contributed by atoms with Crippen molar-refractivity contribution in [2.45, 2.75) is 0 Å². The lowest BCUT2D eigenvalue weighted by atomic mass is 10.0. The van der Waals surface area contributed by atoms with Gasteiger partial charge >= 0.3 is 0 Å². The van der Waals surface area contributed by atoms with Crippen molar-refractivity contribution in [3.8, 4) is 11.3 Å². The number of anilines is 1. The summed E-state index contributed by atoms with van der Waals surface area (Å²) in [5.41, 5.74) is 2.20. The normalized spacial score (nSPS) is 12.8. The Morgan fingerprint density at radius 2 is 1.87 bits per heavy atom. The monoisotopic (exact) mass is 471 g/mol. The van der Waals surface area contributed by atoms with E-state index in [1.807, 2.05) is 5.38 Å². The number of carbonyl (C=O) groups is 3. The van der Waals surface area contributed by atoms with Crippen LogP contribution in [0.3, 0.4) is 0 Å². The molecule has 2 aromatic carbocycles. The van der Waals surface area contributed by atoms with E-state index in [4.69, 9.17) is 23.2 Å². The molecule has 1 aliphatic rings. The Bertz CT molecular complexity index is 1250. The molecular weight excluding hydrogens is 457 g/mol. The van der Waals surface area contributed by atoms with Gasteiger partial charge in [0, 0.05) is 30.1 Å². The van der Waals surface area contributed by atoms with Gasteiger partial charge in [0.1, 0.15) is 0 Å². The first-order valence-electron chi connectivity index (χ1n) is 9.12. The Morgan fingerprint density at radius 3 is 2.58 bits per heavy atom. The molecule has 1 aromatic heterocycles. The third kappa shape index (κ3) is 3.76. The molecule has 4 rings (SSSR count). The van der Waals surface area contributed by atoms with Crippen LogP contribution >= 0.6 is 34.5 Å². The van der Waals surface area contributed by atoms with Crippen molar-refractivity contribution in [3.63, 3.8) is 0 Å². The average Bonchev–Trinajstić information content (AvgIpc) is 3.33. The van der Waals surface area contributed by atoms with Gasteiger partial charge in [-0.05, 0) is 30.3 Å². The van der Waals surface area contributed by atoms with Gasteiger partial charge in [0.15, 0.2) is 5.13 Å². The highest BCUT2D eigenvalue weighted by atomic mass is 35.5. The summed E-state index contributed by atoms with van der Waals surface area (Å²) in [6, 6.07) is 9.68. The number of rotatable bonds is 5. The first kappa shape index (κ1) is 21.2. The molecule has 3 amide bonds. The molecule has 0 N–H and O–H groups in total. The molecule has 0 saturated heterocycles. The van der Waals surface area contributed by atoms with Crippen LogP contribution in [0.1, 0.15) is 31.1 Å². The quantitative estimate of drug-likeness (QED) is 0.379.